The van der Waals surface area contributed by atoms with Crippen molar-refractivity contribution in [2.75, 3.05) is 19.7 Å². The lowest BCUT2D eigenvalue weighted by Gasteiger charge is -2.41. The van der Waals surface area contributed by atoms with Gasteiger partial charge in [0.1, 0.15) is 5.82 Å². The number of rotatable bonds is 7. The summed E-state index contributed by atoms with van der Waals surface area (Å²) in [6.07, 6.45) is 4.03. The molecule has 1 aliphatic heterocycles. The highest BCUT2D eigenvalue weighted by molar-refractivity contribution is 5.77. The van der Waals surface area contributed by atoms with Gasteiger partial charge in [0.15, 0.2) is 0 Å². The van der Waals surface area contributed by atoms with Gasteiger partial charge in [0, 0.05) is 31.4 Å². The van der Waals surface area contributed by atoms with E-state index in [1.165, 1.54) is 11.6 Å². The Hall–Kier alpha value is -2.21. The smallest absolute Gasteiger partial charge is 0.313 e. The molecule has 0 N–H and O–H groups in total. The summed E-state index contributed by atoms with van der Waals surface area (Å²) in [6.45, 7) is 9.29. The summed E-state index contributed by atoms with van der Waals surface area (Å²) in [5.74, 6) is -0.479. The normalized spacial score (nSPS) is 20.3. The topological polar surface area (TPSA) is 47.4 Å². The van der Waals surface area contributed by atoms with Crippen LogP contribution in [-0.4, -0.2) is 40.3 Å². The highest BCUT2D eigenvalue weighted by atomic mass is 19.1. The van der Waals surface area contributed by atoms with Crippen molar-refractivity contribution in [3.63, 3.8) is 0 Å². The van der Waals surface area contributed by atoms with Crippen molar-refractivity contribution in [2.45, 2.75) is 53.1 Å². The molecule has 0 bridgehead atoms. The third-order valence-electron chi connectivity index (χ3n) is 5.62. The summed E-state index contributed by atoms with van der Waals surface area (Å²) in [4.78, 5) is 15.2. The van der Waals surface area contributed by atoms with Gasteiger partial charge in [-0.25, -0.2) is 4.39 Å². The number of halogens is 1. The molecule has 0 aliphatic carbocycles. The zero-order valence-electron chi connectivity index (χ0n) is 17.1. The van der Waals surface area contributed by atoms with Crippen LogP contribution < -0.4 is 0 Å². The van der Waals surface area contributed by atoms with E-state index < -0.39 is 5.41 Å². The van der Waals surface area contributed by atoms with E-state index in [9.17, 15) is 9.18 Å². The molecule has 2 heterocycles. The number of esters is 1. The highest BCUT2D eigenvalue weighted by Crippen LogP contribution is 2.36. The number of ether oxygens (including phenoxy) is 1. The van der Waals surface area contributed by atoms with Crippen LogP contribution in [0.1, 0.15) is 43.5 Å². The molecule has 1 saturated heterocycles. The lowest BCUT2D eigenvalue weighted by molar-refractivity contribution is -0.159. The van der Waals surface area contributed by atoms with Crippen molar-refractivity contribution in [3.8, 4) is 0 Å². The minimum Gasteiger partial charge on any atom is -0.466 e. The summed E-state index contributed by atoms with van der Waals surface area (Å²) >= 11 is 0. The van der Waals surface area contributed by atoms with E-state index in [4.69, 9.17) is 4.74 Å². The first-order chi connectivity index (χ1) is 13.5. The van der Waals surface area contributed by atoms with E-state index in [0.29, 0.717) is 31.6 Å². The molecule has 0 saturated carbocycles. The standard InChI is InChI=1S/C22H30FN3O2/c1-4-26-15-19(17(3)24-26)14-25-12-8-11-22(16-25,21(27)28-5-2)13-18-9-6-7-10-20(18)23/h6-7,9-10,15H,4-5,8,11-14,16H2,1-3H3. The van der Waals surface area contributed by atoms with Gasteiger partial charge in [-0.1, -0.05) is 18.2 Å². The third-order valence-corrected chi connectivity index (χ3v) is 5.62. The fraction of sp³-hybridized carbons (Fsp3) is 0.545. The van der Waals surface area contributed by atoms with Crippen LogP contribution in [0.2, 0.25) is 0 Å². The first-order valence-corrected chi connectivity index (χ1v) is 10.1. The molecule has 0 spiro atoms. The molecule has 5 nitrogen and oxygen atoms in total. The average Bonchev–Trinajstić information content (AvgIpc) is 3.04. The number of aryl methyl sites for hydroxylation is 2. The monoisotopic (exact) mass is 387 g/mol. The Morgan fingerprint density at radius 2 is 2.07 bits per heavy atom. The molecule has 6 heteroatoms. The predicted molar refractivity (Wildman–Crippen MR) is 106 cm³/mol. The molecule has 1 atom stereocenters. The summed E-state index contributed by atoms with van der Waals surface area (Å²) in [5.41, 5.74) is 2.05. The van der Waals surface area contributed by atoms with Crippen molar-refractivity contribution in [1.29, 1.82) is 0 Å². The molecule has 0 radical (unpaired) electrons. The number of carbonyl (C=O) groups excluding carboxylic acids is 1. The number of hydrogen-bond donors (Lipinski definition) is 0. The summed E-state index contributed by atoms with van der Waals surface area (Å²) < 4.78 is 21.7. The Kier molecular flexibility index (Phi) is 6.50. The van der Waals surface area contributed by atoms with Crippen LogP contribution in [0.15, 0.2) is 30.5 Å². The largest absolute Gasteiger partial charge is 0.466 e. The van der Waals surface area contributed by atoms with Crippen LogP contribution in [-0.2, 0) is 29.0 Å². The van der Waals surface area contributed by atoms with Crippen LogP contribution in [0.3, 0.4) is 0 Å². The molecule has 1 unspecified atom stereocenters. The van der Waals surface area contributed by atoms with Crippen molar-refractivity contribution >= 4 is 5.97 Å². The van der Waals surface area contributed by atoms with Gasteiger partial charge >= 0.3 is 5.97 Å². The molecule has 28 heavy (non-hydrogen) atoms. The van der Waals surface area contributed by atoms with Gasteiger partial charge in [-0.2, -0.15) is 5.10 Å². The van der Waals surface area contributed by atoms with E-state index in [1.54, 1.807) is 12.1 Å². The van der Waals surface area contributed by atoms with Gasteiger partial charge in [0.2, 0.25) is 0 Å². The van der Waals surface area contributed by atoms with Crippen LogP contribution in [0, 0.1) is 18.2 Å². The molecule has 3 rings (SSSR count). The van der Waals surface area contributed by atoms with Gasteiger partial charge in [-0.05, 0) is 58.2 Å². The van der Waals surface area contributed by atoms with Crippen LogP contribution in [0.5, 0.6) is 0 Å². The van der Waals surface area contributed by atoms with Crippen molar-refractivity contribution in [3.05, 3.63) is 53.1 Å². The second-order valence-electron chi connectivity index (χ2n) is 7.68. The number of carbonyl (C=O) groups is 1. The quantitative estimate of drug-likeness (QED) is 0.679. The molecule has 0 amide bonds. The van der Waals surface area contributed by atoms with Crippen LogP contribution >= 0.6 is 0 Å². The first-order valence-electron chi connectivity index (χ1n) is 10.1. The Morgan fingerprint density at radius 3 is 2.75 bits per heavy atom. The first kappa shape index (κ1) is 20.5. The predicted octanol–water partition coefficient (Wildman–Crippen LogP) is 3.74. The minimum atomic E-state index is -0.717. The number of benzene rings is 1. The molecule has 1 fully saturated rings. The summed E-state index contributed by atoms with van der Waals surface area (Å²) in [5, 5.41) is 4.52. The lowest BCUT2D eigenvalue weighted by Crippen LogP contribution is -2.49. The van der Waals surface area contributed by atoms with Gasteiger partial charge < -0.3 is 4.74 Å². The van der Waals surface area contributed by atoms with E-state index >= 15 is 0 Å². The fourth-order valence-electron chi connectivity index (χ4n) is 4.15. The Bertz CT molecular complexity index is 820. The molecule has 2 aromatic rings. The minimum absolute atomic E-state index is 0.219. The molecule has 1 aliphatic rings. The Balaban J connectivity index is 1.83. The maximum absolute atomic E-state index is 14.3. The van der Waals surface area contributed by atoms with Gasteiger partial charge in [-0.15, -0.1) is 0 Å². The van der Waals surface area contributed by atoms with Crippen LogP contribution in [0.4, 0.5) is 4.39 Å². The maximum atomic E-state index is 14.3. The van der Waals surface area contributed by atoms with Gasteiger partial charge in [0.05, 0.1) is 17.7 Å². The number of piperidine rings is 1. The molecule has 152 valence electrons. The highest BCUT2D eigenvalue weighted by Gasteiger charge is 2.44. The molecular formula is C22H30FN3O2. The number of hydrogen-bond acceptors (Lipinski definition) is 4. The maximum Gasteiger partial charge on any atom is 0.313 e. The SMILES string of the molecule is CCOC(=O)C1(Cc2ccccc2F)CCCN(Cc2cn(CC)nc2C)C1. The number of likely N-dealkylation sites (tertiary alicyclic amines) is 1. The zero-order valence-corrected chi connectivity index (χ0v) is 17.1. The van der Waals surface area contributed by atoms with Crippen LogP contribution in [0.25, 0.3) is 0 Å². The lowest BCUT2D eigenvalue weighted by atomic mass is 9.75. The van der Waals surface area contributed by atoms with E-state index in [2.05, 4.69) is 23.1 Å². The Morgan fingerprint density at radius 1 is 1.29 bits per heavy atom. The Labute approximate surface area is 166 Å². The fourth-order valence-corrected chi connectivity index (χ4v) is 4.15. The van der Waals surface area contributed by atoms with Crippen molar-refractivity contribution in [2.24, 2.45) is 5.41 Å². The number of nitrogens with zero attached hydrogens (tertiary/aromatic N) is 3. The van der Waals surface area contributed by atoms with E-state index in [0.717, 1.165) is 31.7 Å². The summed E-state index contributed by atoms with van der Waals surface area (Å²) in [6, 6.07) is 6.72. The molecule has 1 aromatic carbocycles. The molecule has 1 aromatic heterocycles. The number of aromatic nitrogens is 2. The van der Waals surface area contributed by atoms with Gasteiger partial charge in [0.25, 0.3) is 0 Å². The van der Waals surface area contributed by atoms with Crippen molar-refractivity contribution in [1.82, 2.24) is 14.7 Å². The molecular weight excluding hydrogens is 357 g/mol. The third kappa shape index (κ3) is 4.43. The second-order valence-corrected chi connectivity index (χ2v) is 7.68. The van der Waals surface area contributed by atoms with E-state index in [-0.39, 0.29) is 11.8 Å². The second kappa shape index (κ2) is 8.86. The summed E-state index contributed by atoms with van der Waals surface area (Å²) in [7, 11) is 0. The van der Waals surface area contributed by atoms with Gasteiger partial charge in [-0.3, -0.25) is 14.4 Å². The average molecular weight is 387 g/mol. The van der Waals surface area contributed by atoms with Crippen molar-refractivity contribution < 1.29 is 13.9 Å². The zero-order chi connectivity index (χ0) is 20.1. The van der Waals surface area contributed by atoms with E-state index in [1.807, 2.05) is 24.6 Å².